The standard InChI is InChI=1S/C19H19N5O2/c1-13-21-16(11-26-13)19(25)22-14-4-3-8-23(10-14)17-5-2-6-18-15(17)7-9-24(18)12-20/h2,5-7,9,11,14H,3-4,8,10H2,1H3,(H,22,25). The molecule has 26 heavy (non-hydrogen) atoms. The predicted octanol–water partition coefficient (Wildman–Crippen LogP) is 2.67. The van der Waals surface area contributed by atoms with Crippen LogP contribution in [-0.4, -0.2) is 34.6 Å². The number of benzene rings is 1. The molecule has 4 rings (SSSR count). The summed E-state index contributed by atoms with van der Waals surface area (Å²) in [7, 11) is 0. The Kier molecular flexibility index (Phi) is 4.09. The fraction of sp³-hybridized carbons (Fsp3) is 0.316. The van der Waals surface area contributed by atoms with E-state index in [1.54, 1.807) is 17.7 Å². The molecule has 132 valence electrons. The molecule has 0 radical (unpaired) electrons. The highest BCUT2D eigenvalue weighted by molar-refractivity contribution is 5.94. The fourth-order valence-electron chi connectivity index (χ4n) is 3.56. The number of nitrogens with one attached hydrogen (secondary N) is 1. The smallest absolute Gasteiger partial charge is 0.273 e. The Balaban J connectivity index is 1.53. The molecule has 1 unspecified atom stereocenters. The van der Waals surface area contributed by atoms with Gasteiger partial charge in [0.25, 0.3) is 5.91 Å². The zero-order chi connectivity index (χ0) is 18.1. The van der Waals surface area contributed by atoms with Gasteiger partial charge in [0, 0.05) is 43.3 Å². The molecule has 3 heterocycles. The summed E-state index contributed by atoms with van der Waals surface area (Å²) >= 11 is 0. The number of amides is 1. The zero-order valence-electron chi connectivity index (χ0n) is 14.5. The zero-order valence-corrected chi connectivity index (χ0v) is 14.5. The van der Waals surface area contributed by atoms with Gasteiger partial charge in [0.05, 0.1) is 5.52 Å². The maximum atomic E-state index is 12.3. The van der Waals surface area contributed by atoms with E-state index in [0.717, 1.165) is 42.5 Å². The number of anilines is 1. The Hall–Kier alpha value is -3.27. The van der Waals surface area contributed by atoms with Gasteiger partial charge in [0.15, 0.2) is 17.8 Å². The van der Waals surface area contributed by atoms with Crippen molar-refractivity contribution in [1.82, 2.24) is 14.9 Å². The second-order valence-electron chi connectivity index (χ2n) is 6.51. The molecule has 7 heteroatoms. The van der Waals surface area contributed by atoms with Crippen molar-refractivity contribution in [2.75, 3.05) is 18.0 Å². The molecule has 1 aliphatic rings. The van der Waals surface area contributed by atoms with Gasteiger partial charge >= 0.3 is 0 Å². The Morgan fingerprint density at radius 1 is 1.42 bits per heavy atom. The lowest BCUT2D eigenvalue weighted by atomic mass is 10.0. The first-order chi connectivity index (χ1) is 12.7. The predicted molar refractivity (Wildman–Crippen MR) is 96.9 cm³/mol. The van der Waals surface area contributed by atoms with Crippen LogP contribution in [0.5, 0.6) is 0 Å². The van der Waals surface area contributed by atoms with Gasteiger partial charge < -0.3 is 14.6 Å². The lowest BCUT2D eigenvalue weighted by molar-refractivity contribution is 0.0928. The fourth-order valence-corrected chi connectivity index (χ4v) is 3.56. The van der Waals surface area contributed by atoms with Crippen LogP contribution in [0.3, 0.4) is 0 Å². The van der Waals surface area contributed by atoms with Crippen molar-refractivity contribution in [3.8, 4) is 6.19 Å². The van der Waals surface area contributed by atoms with E-state index in [0.29, 0.717) is 11.6 Å². The van der Waals surface area contributed by atoms with Crippen molar-refractivity contribution < 1.29 is 9.21 Å². The van der Waals surface area contributed by atoms with E-state index in [-0.39, 0.29) is 11.9 Å². The maximum Gasteiger partial charge on any atom is 0.273 e. The summed E-state index contributed by atoms with van der Waals surface area (Å²) in [5.41, 5.74) is 2.30. The molecule has 0 aliphatic carbocycles. The lowest BCUT2D eigenvalue weighted by Gasteiger charge is -2.35. The highest BCUT2D eigenvalue weighted by Gasteiger charge is 2.24. The number of carbonyl (C=O) groups excluding carboxylic acids is 1. The highest BCUT2D eigenvalue weighted by Crippen LogP contribution is 2.29. The average molecular weight is 349 g/mol. The molecule has 1 fully saturated rings. The number of oxazole rings is 1. The summed E-state index contributed by atoms with van der Waals surface area (Å²) in [4.78, 5) is 18.7. The molecule has 2 aromatic heterocycles. The number of aryl methyl sites for hydroxylation is 1. The summed E-state index contributed by atoms with van der Waals surface area (Å²) in [6.07, 6.45) is 7.24. The van der Waals surface area contributed by atoms with Crippen molar-refractivity contribution in [3.05, 3.63) is 48.3 Å². The lowest BCUT2D eigenvalue weighted by Crippen LogP contribution is -2.48. The molecule has 0 saturated carbocycles. The van der Waals surface area contributed by atoms with E-state index in [9.17, 15) is 10.1 Å². The molecule has 1 aromatic carbocycles. The van der Waals surface area contributed by atoms with Gasteiger partial charge in [0.1, 0.15) is 6.26 Å². The van der Waals surface area contributed by atoms with Crippen LogP contribution in [0.15, 0.2) is 41.1 Å². The molecular weight excluding hydrogens is 330 g/mol. The number of nitriles is 1. The van der Waals surface area contributed by atoms with Gasteiger partial charge in [0.2, 0.25) is 0 Å². The monoisotopic (exact) mass is 349 g/mol. The van der Waals surface area contributed by atoms with Gasteiger partial charge in [-0.1, -0.05) is 6.07 Å². The molecule has 1 aliphatic heterocycles. The van der Waals surface area contributed by atoms with Crippen molar-refractivity contribution >= 4 is 22.5 Å². The van der Waals surface area contributed by atoms with Crippen molar-refractivity contribution in [2.24, 2.45) is 0 Å². The van der Waals surface area contributed by atoms with Crippen LogP contribution in [0.4, 0.5) is 5.69 Å². The minimum absolute atomic E-state index is 0.0431. The van der Waals surface area contributed by atoms with E-state index in [4.69, 9.17) is 4.42 Å². The molecule has 1 amide bonds. The number of hydrogen-bond donors (Lipinski definition) is 1. The molecule has 1 N–H and O–H groups in total. The number of hydrogen-bond acceptors (Lipinski definition) is 5. The molecule has 1 saturated heterocycles. The van der Waals surface area contributed by atoms with Crippen LogP contribution in [0.1, 0.15) is 29.2 Å². The first kappa shape index (κ1) is 16.2. The van der Waals surface area contributed by atoms with Gasteiger partial charge in [-0.3, -0.25) is 9.36 Å². The summed E-state index contributed by atoms with van der Waals surface area (Å²) < 4.78 is 6.68. The summed E-state index contributed by atoms with van der Waals surface area (Å²) in [5, 5.41) is 13.3. The highest BCUT2D eigenvalue weighted by atomic mass is 16.3. The molecular formula is C19H19N5O2. The second kappa shape index (κ2) is 6.56. The van der Waals surface area contributed by atoms with E-state index in [1.807, 2.05) is 18.2 Å². The molecule has 1 atom stereocenters. The van der Waals surface area contributed by atoms with E-state index < -0.39 is 0 Å². The van der Waals surface area contributed by atoms with Crippen LogP contribution in [0, 0.1) is 18.4 Å². The first-order valence-corrected chi connectivity index (χ1v) is 8.64. The van der Waals surface area contributed by atoms with Crippen LogP contribution < -0.4 is 10.2 Å². The Morgan fingerprint density at radius 3 is 3.08 bits per heavy atom. The Labute approximate surface area is 150 Å². The molecule has 7 nitrogen and oxygen atoms in total. The van der Waals surface area contributed by atoms with Gasteiger partial charge in [-0.05, 0) is 31.0 Å². The van der Waals surface area contributed by atoms with Gasteiger partial charge in [-0.2, -0.15) is 5.26 Å². The number of piperidine rings is 1. The number of fused-ring (bicyclic) bond motifs is 1. The maximum absolute atomic E-state index is 12.3. The molecule has 0 spiro atoms. The third-order valence-electron chi connectivity index (χ3n) is 4.77. The molecule has 0 bridgehead atoms. The van der Waals surface area contributed by atoms with Crippen LogP contribution in [-0.2, 0) is 0 Å². The number of rotatable bonds is 3. The Bertz CT molecular complexity index is 997. The molecule has 3 aromatic rings. The summed E-state index contributed by atoms with van der Waals surface area (Å²) in [6, 6.07) is 7.98. The number of nitrogens with zero attached hydrogens (tertiary/aromatic N) is 4. The quantitative estimate of drug-likeness (QED) is 0.785. The van der Waals surface area contributed by atoms with Crippen LogP contribution in [0.25, 0.3) is 10.9 Å². The summed E-state index contributed by atoms with van der Waals surface area (Å²) in [6.45, 7) is 3.36. The average Bonchev–Trinajstić information content (AvgIpc) is 3.27. The van der Waals surface area contributed by atoms with Crippen LogP contribution >= 0.6 is 0 Å². The van der Waals surface area contributed by atoms with E-state index in [2.05, 4.69) is 27.5 Å². The van der Waals surface area contributed by atoms with Crippen molar-refractivity contribution in [3.63, 3.8) is 0 Å². The third kappa shape index (κ3) is 2.90. The van der Waals surface area contributed by atoms with E-state index in [1.165, 1.54) is 6.26 Å². The SMILES string of the molecule is Cc1nc(C(=O)NC2CCCN(c3cccc4c3ccn4C#N)C2)co1. The van der Waals surface area contributed by atoms with Gasteiger partial charge in [-0.25, -0.2) is 4.98 Å². The van der Waals surface area contributed by atoms with Crippen molar-refractivity contribution in [1.29, 1.82) is 5.26 Å². The van der Waals surface area contributed by atoms with Crippen LogP contribution in [0.2, 0.25) is 0 Å². The normalized spacial score (nSPS) is 17.2. The minimum atomic E-state index is -0.206. The minimum Gasteiger partial charge on any atom is -0.448 e. The topological polar surface area (TPSA) is 87.1 Å². The van der Waals surface area contributed by atoms with Crippen molar-refractivity contribution in [2.45, 2.75) is 25.8 Å². The Morgan fingerprint density at radius 2 is 2.31 bits per heavy atom. The van der Waals surface area contributed by atoms with E-state index >= 15 is 0 Å². The van der Waals surface area contributed by atoms with Gasteiger partial charge in [-0.15, -0.1) is 0 Å². The second-order valence-corrected chi connectivity index (χ2v) is 6.51. The largest absolute Gasteiger partial charge is 0.448 e. The summed E-state index contributed by atoms with van der Waals surface area (Å²) in [5.74, 6) is 0.275. The number of carbonyl (C=O) groups is 1. The third-order valence-corrected chi connectivity index (χ3v) is 4.77. The first-order valence-electron chi connectivity index (χ1n) is 8.64. The number of aromatic nitrogens is 2.